The molecule has 5 nitrogen and oxygen atoms in total. The van der Waals surface area contributed by atoms with Gasteiger partial charge in [-0.1, -0.05) is 13.8 Å². The molecule has 0 aromatic carbocycles. The van der Waals surface area contributed by atoms with E-state index in [-0.39, 0.29) is 5.38 Å². The smallest absolute Gasteiger partial charge is 0.152 e. The van der Waals surface area contributed by atoms with Crippen LogP contribution in [-0.2, 0) is 4.74 Å². The van der Waals surface area contributed by atoms with Gasteiger partial charge < -0.3 is 10.1 Å². The summed E-state index contributed by atoms with van der Waals surface area (Å²) < 4.78 is 6.84. The molecule has 6 heteroatoms. The van der Waals surface area contributed by atoms with Crippen molar-refractivity contribution >= 4 is 22.9 Å². The van der Waals surface area contributed by atoms with Gasteiger partial charge in [-0.3, -0.25) is 0 Å². The standard InChI is InChI=1S/C13H19ClN4O/c1-9(2)11-6-12-13(15-4-5-18(12)17-11)16-7-10(14)8-19-3/h4-6,9-10H,7-8H2,1-3H3,(H,15,16). The van der Waals surface area contributed by atoms with E-state index in [1.807, 2.05) is 10.7 Å². The number of halogens is 1. The van der Waals surface area contributed by atoms with Crippen LogP contribution in [0.15, 0.2) is 18.5 Å². The third-order valence-electron chi connectivity index (χ3n) is 2.84. The van der Waals surface area contributed by atoms with Crippen LogP contribution in [0.2, 0.25) is 0 Å². The summed E-state index contributed by atoms with van der Waals surface area (Å²) in [5.74, 6) is 1.19. The van der Waals surface area contributed by atoms with Gasteiger partial charge in [0, 0.05) is 26.0 Å². The van der Waals surface area contributed by atoms with Gasteiger partial charge in [0.25, 0.3) is 0 Å². The van der Waals surface area contributed by atoms with E-state index in [0.29, 0.717) is 19.1 Å². The number of nitrogens with one attached hydrogen (secondary N) is 1. The summed E-state index contributed by atoms with van der Waals surface area (Å²) in [6.07, 6.45) is 3.58. The summed E-state index contributed by atoms with van der Waals surface area (Å²) >= 11 is 6.10. The van der Waals surface area contributed by atoms with Crippen molar-refractivity contribution in [2.24, 2.45) is 0 Å². The van der Waals surface area contributed by atoms with Crippen LogP contribution in [0.1, 0.15) is 25.5 Å². The quantitative estimate of drug-likeness (QED) is 0.827. The molecule has 2 aromatic rings. The maximum absolute atomic E-state index is 6.10. The highest BCUT2D eigenvalue weighted by molar-refractivity contribution is 6.21. The number of rotatable bonds is 6. The number of alkyl halides is 1. The van der Waals surface area contributed by atoms with Gasteiger partial charge in [-0.05, 0) is 12.0 Å². The molecule has 0 fully saturated rings. The highest BCUT2D eigenvalue weighted by Gasteiger charge is 2.11. The van der Waals surface area contributed by atoms with E-state index in [2.05, 4.69) is 35.3 Å². The molecule has 0 radical (unpaired) electrons. The Morgan fingerprint density at radius 2 is 2.26 bits per heavy atom. The lowest BCUT2D eigenvalue weighted by molar-refractivity contribution is 0.200. The molecule has 0 bridgehead atoms. The monoisotopic (exact) mass is 282 g/mol. The van der Waals surface area contributed by atoms with Crippen LogP contribution in [0.5, 0.6) is 0 Å². The van der Waals surface area contributed by atoms with Crippen LogP contribution in [0.4, 0.5) is 5.82 Å². The minimum absolute atomic E-state index is 0.0838. The van der Waals surface area contributed by atoms with Gasteiger partial charge in [-0.2, -0.15) is 5.10 Å². The van der Waals surface area contributed by atoms with Crippen molar-refractivity contribution in [3.8, 4) is 0 Å². The van der Waals surface area contributed by atoms with E-state index in [1.165, 1.54) is 0 Å². The zero-order valence-corrected chi connectivity index (χ0v) is 12.2. The normalized spacial score (nSPS) is 13.1. The molecular formula is C13H19ClN4O. The minimum Gasteiger partial charge on any atom is -0.383 e. The molecule has 1 N–H and O–H groups in total. The Labute approximate surface area is 117 Å². The predicted molar refractivity (Wildman–Crippen MR) is 77.1 cm³/mol. The molecule has 2 aromatic heterocycles. The lowest BCUT2D eigenvalue weighted by atomic mass is 10.1. The fraction of sp³-hybridized carbons (Fsp3) is 0.538. The van der Waals surface area contributed by atoms with Crippen LogP contribution < -0.4 is 5.32 Å². The van der Waals surface area contributed by atoms with Gasteiger partial charge in [-0.25, -0.2) is 9.50 Å². The summed E-state index contributed by atoms with van der Waals surface area (Å²) in [6, 6.07) is 2.06. The number of hydrogen-bond acceptors (Lipinski definition) is 4. The van der Waals surface area contributed by atoms with Gasteiger partial charge in [0.05, 0.1) is 17.7 Å². The maximum Gasteiger partial charge on any atom is 0.152 e. The van der Waals surface area contributed by atoms with Gasteiger partial charge in [-0.15, -0.1) is 11.6 Å². The molecule has 1 atom stereocenters. The van der Waals surface area contributed by atoms with E-state index < -0.39 is 0 Å². The molecule has 19 heavy (non-hydrogen) atoms. The molecule has 2 heterocycles. The van der Waals surface area contributed by atoms with Crippen LogP contribution in [0, 0.1) is 0 Å². The molecule has 0 aliphatic heterocycles. The van der Waals surface area contributed by atoms with Gasteiger partial charge >= 0.3 is 0 Å². The van der Waals surface area contributed by atoms with Crippen molar-refractivity contribution in [1.29, 1.82) is 0 Å². The highest BCUT2D eigenvalue weighted by atomic mass is 35.5. The van der Waals surface area contributed by atoms with Crippen molar-refractivity contribution in [1.82, 2.24) is 14.6 Å². The van der Waals surface area contributed by atoms with Crippen molar-refractivity contribution in [2.75, 3.05) is 25.6 Å². The average molecular weight is 283 g/mol. The summed E-state index contributed by atoms with van der Waals surface area (Å²) in [5, 5.41) is 7.67. The van der Waals surface area contributed by atoms with E-state index in [4.69, 9.17) is 16.3 Å². The summed E-state index contributed by atoms with van der Waals surface area (Å²) in [6.45, 7) is 5.35. The Morgan fingerprint density at radius 3 is 2.95 bits per heavy atom. The van der Waals surface area contributed by atoms with Crippen LogP contribution in [-0.4, -0.2) is 40.2 Å². The number of ether oxygens (including phenoxy) is 1. The topological polar surface area (TPSA) is 51.5 Å². The van der Waals surface area contributed by atoms with Gasteiger partial charge in [0.1, 0.15) is 5.52 Å². The van der Waals surface area contributed by atoms with E-state index in [1.54, 1.807) is 13.3 Å². The molecule has 1 unspecified atom stereocenters. The molecule has 0 aliphatic carbocycles. The predicted octanol–water partition coefficient (Wildman–Crippen LogP) is 2.52. The third kappa shape index (κ3) is 3.36. The summed E-state index contributed by atoms with van der Waals surface area (Å²) in [4.78, 5) is 4.34. The largest absolute Gasteiger partial charge is 0.383 e. The second-order valence-electron chi connectivity index (χ2n) is 4.76. The average Bonchev–Trinajstić information content (AvgIpc) is 2.81. The Kier molecular flexibility index (Phi) is 4.61. The van der Waals surface area contributed by atoms with Gasteiger partial charge in [0.2, 0.25) is 0 Å². The second-order valence-corrected chi connectivity index (χ2v) is 5.38. The first-order valence-electron chi connectivity index (χ1n) is 6.33. The lowest BCUT2D eigenvalue weighted by Gasteiger charge is -2.10. The summed E-state index contributed by atoms with van der Waals surface area (Å²) in [5.41, 5.74) is 2.02. The van der Waals surface area contributed by atoms with E-state index >= 15 is 0 Å². The molecule has 104 valence electrons. The zero-order chi connectivity index (χ0) is 13.8. The van der Waals surface area contributed by atoms with Gasteiger partial charge in [0.15, 0.2) is 5.82 Å². The molecule has 0 aliphatic rings. The van der Waals surface area contributed by atoms with Crippen LogP contribution in [0.3, 0.4) is 0 Å². The van der Waals surface area contributed by atoms with E-state index in [9.17, 15) is 0 Å². The fourth-order valence-electron chi connectivity index (χ4n) is 1.81. The number of fused-ring (bicyclic) bond motifs is 1. The van der Waals surface area contributed by atoms with Crippen LogP contribution in [0.25, 0.3) is 5.52 Å². The molecule has 0 amide bonds. The first kappa shape index (κ1) is 14.1. The lowest BCUT2D eigenvalue weighted by Crippen LogP contribution is -2.19. The third-order valence-corrected chi connectivity index (χ3v) is 3.12. The van der Waals surface area contributed by atoms with Crippen LogP contribution >= 0.6 is 11.6 Å². The zero-order valence-electron chi connectivity index (χ0n) is 11.4. The molecule has 2 rings (SSSR count). The van der Waals surface area contributed by atoms with Crippen molar-refractivity contribution in [2.45, 2.75) is 25.1 Å². The molecule has 0 saturated heterocycles. The number of aromatic nitrogens is 3. The van der Waals surface area contributed by atoms with Crippen molar-refractivity contribution < 1.29 is 4.74 Å². The number of methoxy groups -OCH3 is 1. The number of anilines is 1. The SMILES string of the molecule is COCC(Cl)CNc1nccn2nc(C(C)C)cc12. The Hall–Kier alpha value is -1.33. The first-order valence-corrected chi connectivity index (χ1v) is 6.76. The number of nitrogens with zero attached hydrogens (tertiary/aromatic N) is 3. The summed E-state index contributed by atoms with van der Waals surface area (Å²) in [7, 11) is 1.64. The van der Waals surface area contributed by atoms with E-state index in [0.717, 1.165) is 17.0 Å². The van der Waals surface area contributed by atoms with Crippen molar-refractivity contribution in [3.63, 3.8) is 0 Å². The fourth-order valence-corrected chi connectivity index (χ4v) is 2.01. The molecule has 0 saturated carbocycles. The maximum atomic E-state index is 6.10. The first-order chi connectivity index (χ1) is 9.11. The van der Waals surface area contributed by atoms with Crippen molar-refractivity contribution in [3.05, 3.63) is 24.2 Å². The Balaban J connectivity index is 2.18. The second kappa shape index (κ2) is 6.21. The minimum atomic E-state index is -0.0838. The Bertz CT molecular complexity index is 540. The number of hydrogen-bond donors (Lipinski definition) is 1. The molecule has 0 spiro atoms. The highest BCUT2D eigenvalue weighted by Crippen LogP contribution is 2.19. The molecular weight excluding hydrogens is 264 g/mol. The Morgan fingerprint density at radius 1 is 1.47 bits per heavy atom.